The molecule has 0 spiro atoms. The van der Waals surface area contributed by atoms with Gasteiger partial charge in [-0.05, 0) is 38.0 Å². The number of nitrogens with one attached hydrogen (secondary N) is 1. The number of rotatable bonds is 10. The molecular formula is C22H25N3O6S2. The number of hydrogen-bond donors (Lipinski definition) is 1. The van der Waals surface area contributed by atoms with Crippen LogP contribution in [-0.2, 0) is 16.0 Å². The van der Waals surface area contributed by atoms with Crippen LogP contribution >= 0.6 is 23.1 Å². The van der Waals surface area contributed by atoms with Crippen LogP contribution in [0.3, 0.4) is 0 Å². The van der Waals surface area contributed by atoms with Crippen molar-refractivity contribution in [3.63, 3.8) is 0 Å². The van der Waals surface area contributed by atoms with Crippen molar-refractivity contribution in [2.75, 3.05) is 31.9 Å². The van der Waals surface area contributed by atoms with Gasteiger partial charge in [-0.1, -0.05) is 18.7 Å². The molecule has 11 heteroatoms. The predicted molar refractivity (Wildman–Crippen MR) is 127 cm³/mol. The van der Waals surface area contributed by atoms with Gasteiger partial charge in [-0.15, -0.1) is 21.5 Å². The number of hydrogen-bond acceptors (Lipinski definition) is 10. The Morgan fingerprint density at radius 3 is 2.42 bits per heavy atom. The molecule has 0 bridgehead atoms. The third-order valence-electron chi connectivity index (χ3n) is 4.63. The molecular weight excluding hydrogens is 466 g/mol. The SMILES string of the molecule is CCOC(=O)c1c(NC(=O)CSc2nnc(-c3cc(OC)cc(OC)c3)o2)sc(CC)c1C. The summed E-state index contributed by atoms with van der Waals surface area (Å²) in [6.07, 6.45) is 0.757. The lowest BCUT2D eigenvalue weighted by Gasteiger charge is -2.06. The van der Waals surface area contributed by atoms with E-state index < -0.39 is 5.97 Å². The number of thioether (sulfide) groups is 1. The topological polar surface area (TPSA) is 113 Å². The van der Waals surface area contributed by atoms with Crippen molar-refractivity contribution in [3.8, 4) is 23.0 Å². The summed E-state index contributed by atoms with van der Waals surface area (Å²) in [6.45, 7) is 5.87. The fourth-order valence-corrected chi connectivity index (χ4v) is 4.75. The minimum absolute atomic E-state index is 0.0315. The number of aromatic nitrogens is 2. The Labute approximate surface area is 199 Å². The predicted octanol–water partition coefficient (Wildman–Crippen LogP) is 4.59. The van der Waals surface area contributed by atoms with Crippen LogP contribution in [0.4, 0.5) is 5.00 Å². The molecule has 1 aromatic carbocycles. The summed E-state index contributed by atoms with van der Waals surface area (Å²) in [6, 6.07) is 5.23. The van der Waals surface area contributed by atoms with Crippen LogP contribution in [0.1, 0.15) is 34.6 Å². The zero-order valence-electron chi connectivity index (χ0n) is 19.0. The van der Waals surface area contributed by atoms with Crippen LogP contribution in [0, 0.1) is 6.92 Å². The van der Waals surface area contributed by atoms with Crippen LogP contribution < -0.4 is 14.8 Å². The monoisotopic (exact) mass is 491 g/mol. The first-order valence-corrected chi connectivity index (χ1v) is 12.0. The molecule has 2 heterocycles. The molecule has 0 aliphatic heterocycles. The van der Waals surface area contributed by atoms with Gasteiger partial charge < -0.3 is 23.9 Å². The fraction of sp³-hybridized carbons (Fsp3) is 0.364. The molecule has 33 heavy (non-hydrogen) atoms. The van der Waals surface area contributed by atoms with E-state index in [1.165, 1.54) is 11.3 Å². The first-order chi connectivity index (χ1) is 15.9. The number of ether oxygens (including phenoxy) is 3. The highest BCUT2D eigenvalue weighted by Crippen LogP contribution is 2.35. The number of carbonyl (C=O) groups excluding carboxylic acids is 2. The molecule has 2 aromatic heterocycles. The number of nitrogens with zero attached hydrogens (tertiary/aromatic N) is 2. The van der Waals surface area contributed by atoms with E-state index in [-0.39, 0.29) is 29.4 Å². The van der Waals surface area contributed by atoms with Gasteiger partial charge in [0.05, 0.1) is 32.1 Å². The van der Waals surface area contributed by atoms with Gasteiger partial charge in [-0.3, -0.25) is 4.79 Å². The van der Waals surface area contributed by atoms with Crippen LogP contribution in [0.5, 0.6) is 11.5 Å². The maximum Gasteiger partial charge on any atom is 0.341 e. The number of anilines is 1. The van der Waals surface area contributed by atoms with Gasteiger partial charge in [-0.2, -0.15) is 0 Å². The van der Waals surface area contributed by atoms with Crippen LogP contribution in [0.25, 0.3) is 11.5 Å². The fourth-order valence-electron chi connectivity index (χ4n) is 3.04. The Hall–Kier alpha value is -3.05. The van der Waals surface area contributed by atoms with Crippen molar-refractivity contribution < 1.29 is 28.2 Å². The zero-order chi connectivity index (χ0) is 24.0. The average Bonchev–Trinajstić information content (AvgIpc) is 3.41. The summed E-state index contributed by atoms with van der Waals surface area (Å²) < 4.78 is 21.4. The third-order valence-corrected chi connectivity index (χ3v) is 6.80. The first kappa shape index (κ1) is 24.6. The van der Waals surface area contributed by atoms with Gasteiger partial charge in [0.1, 0.15) is 16.5 Å². The smallest absolute Gasteiger partial charge is 0.341 e. The number of aryl methyl sites for hydroxylation is 1. The summed E-state index contributed by atoms with van der Waals surface area (Å²) in [5.74, 6) is 0.754. The Bertz CT molecular complexity index is 1120. The van der Waals surface area contributed by atoms with Crippen molar-refractivity contribution >= 4 is 40.0 Å². The summed E-state index contributed by atoms with van der Waals surface area (Å²) in [5.41, 5.74) is 1.87. The molecule has 0 aliphatic rings. The minimum atomic E-state index is -0.441. The Kier molecular flexibility index (Phi) is 8.34. The minimum Gasteiger partial charge on any atom is -0.497 e. The van der Waals surface area contributed by atoms with Gasteiger partial charge in [-0.25, -0.2) is 4.79 Å². The van der Waals surface area contributed by atoms with Crippen LogP contribution in [0.15, 0.2) is 27.8 Å². The highest BCUT2D eigenvalue weighted by molar-refractivity contribution is 7.99. The Morgan fingerprint density at radius 1 is 1.12 bits per heavy atom. The highest BCUT2D eigenvalue weighted by Gasteiger charge is 2.23. The van der Waals surface area contributed by atoms with Crippen LogP contribution in [0.2, 0.25) is 0 Å². The van der Waals surface area contributed by atoms with E-state index in [0.29, 0.717) is 27.6 Å². The maximum absolute atomic E-state index is 12.6. The molecule has 0 aliphatic carbocycles. The molecule has 0 radical (unpaired) electrons. The van der Waals surface area contributed by atoms with Gasteiger partial charge in [0.2, 0.25) is 11.8 Å². The molecule has 3 rings (SSSR count). The number of methoxy groups -OCH3 is 2. The lowest BCUT2D eigenvalue weighted by Crippen LogP contribution is -2.16. The molecule has 176 valence electrons. The van der Waals surface area contributed by atoms with E-state index in [2.05, 4.69) is 15.5 Å². The van der Waals surface area contributed by atoms with Gasteiger partial charge in [0.25, 0.3) is 5.22 Å². The second-order valence-corrected chi connectivity index (χ2v) is 8.77. The number of benzene rings is 1. The Morgan fingerprint density at radius 2 is 1.82 bits per heavy atom. The van der Waals surface area contributed by atoms with E-state index in [9.17, 15) is 9.59 Å². The molecule has 3 aromatic rings. The number of esters is 1. The molecule has 1 N–H and O–H groups in total. The molecule has 0 fully saturated rings. The molecule has 0 unspecified atom stereocenters. The second-order valence-electron chi connectivity index (χ2n) is 6.74. The van der Waals surface area contributed by atoms with E-state index in [4.69, 9.17) is 18.6 Å². The van der Waals surface area contributed by atoms with Crippen molar-refractivity contribution in [2.45, 2.75) is 32.4 Å². The number of carbonyl (C=O) groups is 2. The van der Waals surface area contributed by atoms with Crippen molar-refractivity contribution in [1.29, 1.82) is 0 Å². The van der Waals surface area contributed by atoms with Gasteiger partial charge in [0.15, 0.2) is 0 Å². The van der Waals surface area contributed by atoms with Crippen molar-refractivity contribution in [2.24, 2.45) is 0 Å². The zero-order valence-corrected chi connectivity index (χ0v) is 20.6. The average molecular weight is 492 g/mol. The summed E-state index contributed by atoms with van der Waals surface area (Å²) >= 11 is 2.48. The normalized spacial score (nSPS) is 10.7. The quantitative estimate of drug-likeness (QED) is 0.321. The maximum atomic E-state index is 12.6. The van der Waals surface area contributed by atoms with E-state index >= 15 is 0 Å². The molecule has 1 amide bonds. The molecule has 0 saturated heterocycles. The molecule has 9 nitrogen and oxygen atoms in total. The molecule has 0 saturated carbocycles. The summed E-state index contributed by atoms with van der Waals surface area (Å²) in [5, 5.41) is 11.6. The van der Waals surface area contributed by atoms with E-state index in [0.717, 1.165) is 28.6 Å². The first-order valence-electron chi connectivity index (χ1n) is 10.2. The third kappa shape index (κ3) is 5.85. The second kappa shape index (κ2) is 11.2. The van der Waals surface area contributed by atoms with Crippen LogP contribution in [-0.4, -0.2) is 48.7 Å². The van der Waals surface area contributed by atoms with Gasteiger partial charge in [0, 0.05) is 16.5 Å². The van der Waals surface area contributed by atoms with Gasteiger partial charge >= 0.3 is 5.97 Å². The number of thiophene rings is 1. The summed E-state index contributed by atoms with van der Waals surface area (Å²) in [4.78, 5) is 26.0. The van der Waals surface area contributed by atoms with E-state index in [1.54, 1.807) is 39.3 Å². The lowest BCUT2D eigenvalue weighted by atomic mass is 10.1. The molecule has 0 atom stereocenters. The number of amides is 1. The summed E-state index contributed by atoms with van der Waals surface area (Å²) in [7, 11) is 3.11. The van der Waals surface area contributed by atoms with E-state index in [1.807, 2.05) is 13.8 Å². The largest absolute Gasteiger partial charge is 0.497 e. The lowest BCUT2D eigenvalue weighted by molar-refractivity contribution is -0.113. The highest BCUT2D eigenvalue weighted by atomic mass is 32.2. The van der Waals surface area contributed by atoms with Crippen molar-refractivity contribution in [3.05, 3.63) is 34.2 Å². The standard InChI is InChI=1S/C22H25N3O6S2/c1-6-16-12(3)18(21(27)30-7-2)20(33-16)23-17(26)11-32-22-25-24-19(31-22)13-8-14(28-4)10-15(9-13)29-5/h8-10H,6-7,11H2,1-5H3,(H,23,26). The Balaban J connectivity index is 1.68. The van der Waals surface area contributed by atoms with Crippen molar-refractivity contribution in [1.82, 2.24) is 10.2 Å².